The van der Waals surface area contributed by atoms with Crippen LogP contribution >= 0.6 is 0 Å². The summed E-state index contributed by atoms with van der Waals surface area (Å²) in [5.74, 6) is 0. The lowest BCUT2D eigenvalue weighted by atomic mass is 10.1. The van der Waals surface area contributed by atoms with E-state index in [4.69, 9.17) is 16.5 Å². The predicted molar refractivity (Wildman–Crippen MR) is 97.8 cm³/mol. The number of anilines is 4. The number of nitrogens with two attached hydrogens (primary N) is 2. The van der Waals surface area contributed by atoms with Crippen molar-refractivity contribution >= 4 is 44.6 Å². The fraction of sp³-hybridized carbons (Fsp3) is 0. The second-order valence-electron chi connectivity index (χ2n) is 5.53. The van der Waals surface area contributed by atoms with Crippen molar-refractivity contribution in [2.24, 2.45) is 0 Å². The van der Waals surface area contributed by atoms with Crippen LogP contribution in [-0.4, -0.2) is 4.98 Å². The Hall–Kier alpha value is -3.27. The third-order valence-electron chi connectivity index (χ3n) is 3.87. The van der Waals surface area contributed by atoms with Gasteiger partial charge < -0.3 is 16.8 Å². The molecular formula is C19H16N4. The summed E-state index contributed by atoms with van der Waals surface area (Å²) < 4.78 is 0. The van der Waals surface area contributed by atoms with Crippen LogP contribution in [0.15, 0.2) is 66.7 Å². The Balaban J connectivity index is 2.04. The van der Waals surface area contributed by atoms with Crippen LogP contribution in [0.2, 0.25) is 0 Å². The number of pyridine rings is 1. The average molecular weight is 300 g/mol. The lowest BCUT2D eigenvalue weighted by Gasteiger charge is -2.14. The van der Waals surface area contributed by atoms with Gasteiger partial charge >= 0.3 is 0 Å². The minimum atomic E-state index is 0.693. The Morgan fingerprint density at radius 1 is 0.696 bits per heavy atom. The molecule has 112 valence electrons. The number of rotatable bonds is 2. The molecule has 0 fully saturated rings. The van der Waals surface area contributed by atoms with Gasteiger partial charge in [-0.2, -0.15) is 0 Å². The van der Waals surface area contributed by atoms with Gasteiger partial charge in [-0.1, -0.05) is 18.2 Å². The molecule has 0 aliphatic carbocycles. The molecule has 23 heavy (non-hydrogen) atoms. The van der Waals surface area contributed by atoms with Crippen LogP contribution in [0.5, 0.6) is 0 Å². The smallest absolute Gasteiger partial charge is 0.0751 e. The molecule has 4 rings (SSSR count). The van der Waals surface area contributed by atoms with Crippen LogP contribution < -0.4 is 16.8 Å². The largest absolute Gasteiger partial charge is 0.399 e. The zero-order chi connectivity index (χ0) is 15.8. The number of nitrogens with zero attached hydrogens (tertiary/aromatic N) is 1. The summed E-state index contributed by atoms with van der Waals surface area (Å²) in [7, 11) is 0. The van der Waals surface area contributed by atoms with Crippen molar-refractivity contribution in [1.82, 2.24) is 4.98 Å². The van der Waals surface area contributed by atoms with Crippen molar-refractivity contribution in [2.75, 3.05) is 16.8 Å². The number of aromatic nitrogens is 1. The molecule has 0 unspecified atom stereocenters. The van der Waals surface area contributed by atoms with E-state index in [2.05, 4.69) is 5.32 Å². The molecule has 4 nitrogen and oxygen atoms in total. The van der Waals surface area contributed by atoms with Crippen molar-refractivity contribution in [1.29, 1.82) is 0 Å². The van der Waals surface area contributed by atoms with Gasteiger partial charge in [-0.25, -0.2) is 4.98 Å². The van der Waals surface area contributed by atoms with Gasteiger partial charge in [0, 0.05) is 27.8 Å². The molecule has 0 saturated carbocycles. The van der Waals surface area contributed by atoms with Crippen LogP contribution in [0.25, 0.3) is 21.8 Å². The fourth-order valence-corrected chi connectivity index (χ4v) is 2.78. The van der Waals surface area contributed by atoms with Crippen LogP contribution in [0.4, 0.5) is 22.7 Å². The summed E-state index contributed by atoms with van der Waals surface area (Å²) in [4.78, 5) is 4.70. The summed E-state index contributed by atoms with van der Waals surface area (Å²) in [6, 6.07) is 21.6. The molecule has 0 atom stereocenters. The second kappa shape index (κ2) is 5.18. The fourth-order valence-electron chi connectivity index (χ4n) is 2.78. The van der Waals surface area contributed by atoms with E-state index in [1.807, 2.05) is 66.7 Å². The predicted octanol–water partition coefficient (Wildman–Crippen LogP) is 4.30. The molecule has 5 N–H and O–H groups in total. The maximum absolute atomic E-state index is 5.92. The molecule has 3 aromatic carbocycles. The summed E-state index contributed by atoms with van der Waals surface area (Å²) in [5, 5.41) is 5.56. The molecule has 0 radical (unpaired) electrons. The van der Waals surface area contributed by atoms with Crippen LogP contribution in [0, 0.1) is 0 Å². The molecule has 0 bridgehead atoms. The molecule has 0 saturated heterocycles. The van der Waals surface area contributed by atoms with Crippen LogP contribution in [0.1, 0.15) is 0 Å². The lowest BCUT2D eigenvalue weighted by molar-refractivity contribution is 1.48. The third kappa shape index (κ3) is 2.40. The molecule has 0 aliphatic heterocycles. The van der Waals surface area contributed by atoms with Gasteiger partial charge in [-0.3, -0.25) is 0 Å². The first-order chi connectivity index (χ1) is 11.2. The average Bonchev–Trinajstić information content (AvgIpc) is 2.55. The molecular weight excluding hydrogens is 284 g/mol. The van der Waals surface area contributed by atoms with Gasteiger partial charge in [0.15, 0.2) is 0 Å². The normalized spacial score (nSPS) is 11.0. The zero-order valence-electron chi connectivity index (χ0n) is 12.5. The Bertz CT molecular complexity index is 950. The summed E-state index contributed by atoms with van der Waals surface area (Å²) >= 11 is 0. The number of benzene rings is 3. The van der Waals surface area contributed by atoms with Crippen molar-refractivity contribution in [3.8, 4) is 0 Å². The highest BCUT2D eigenvalue weighted by molar-refractivity contribution is 6.09. The Morgan fingerprint density at radius 2 is 1.26 bits per heavy atom. The quantitative estimate of drug-likeness (QED) is 0.381. The van der Waals surface area contributed by atoms with Crippen LogP contribution in [0.3, 0.4) is 0 Å². The number of hydrogen-bond donors (Lipinski definition) is 3. The van der Waals surface area contributed by atoms with Crippen LogP contribution in [-0.2, 0) is 0 Å². The first-order valence-corrected chi connectivity index (χ1v) is 7.41. The van der Waals surface area contributed by atoms with Gasteiger partial charge in [0.2, 0.25) is 0 Å². The maximum Gasteiger partial charge on any atom is 0.0751 e. The standard InChI is InChI=1S/C19H16N4/c20-12-6-8-15-17(10-12)23-18-11-13(21)7-9-16(18)19(15)22-14-4-2-1-3-5-14/h1-11H,20-21H2,(H,22,23). The van der Waals surface area contributed by atoms with Crippen molar-refractivity contribution < 1.29 is 0 Å². The van der Waals surface area contributed by atoms with E-state index in [9.17, 15) is 0 Å². The van der Waals surface area contributed by atoms with E-state index in [0.29, 0.717) is 11.4 Å². The minimum Gasteiger partial charge on any atom is -0.399 e. The molecule has 1 aromatic heterocycles. The molecule has 1 heterocycles. The van der Waals surface area contributed by atoms with Gasteiger partial charge in [0.1, 0.15) is 0 Å². The van der Waals surface area contributed by atoms with Crippen molar-refractivity contribution in [2.45, 2.75) is 0 Å². The number of nitrogen functional groups attached to an aromatic ring is 2. The Labute approximate surface area is 133 Å². The van der Waals surface area contributed by atoms with Gasteiger partial charge in [-0.15, -0.1) is 0 Å². The third-order valence-corrected chi connectivity index (χ3v) is 3.87. The van der Waals surface area contributed by atoms with E-state index >= 15 is 0 Å². The van der Waals surface area contributed by atoms with E-state index in [1.54, 1.807) is 0 Å². The highest BCUT2D eigenvalue weighted by Crippen LogP contribution is 2.34. The summed E-state index contributed by atoms with van der Waals surface area (Å²) in [5.41, 5.74) is 16.9. The topological polar surface area (TPSA) is 77.0 Å². The van der Waals surface area contributed by atoms with Crippen molar-refractivity contribution in [3.63, 3.8) is 0 Å². The second-order valence-corrected chi connectivity index (χ2v) is 5.53. The molecule has 4 aromatic rings. The van der Waals surface area contributed by atoms with Gasteiger partial charge in [-0.05, 0) is 48.5 Å². The molecule has 0 aliphatic rings. The summed E-state index contributed by atoms with van der Waals surface area (Å²) in [6.45, 7) is 0. The maximum atomic E-state index is 5.92. The van der Waals surface area contributed by atoms with E-state index in [1.165, 1.54) is 0 Å². The van der Waals surface area contributed by atoms with E-state index in [0.717, 1.165) is 33.2 Å². The highest BCUT2D eigenvalue weighted by atomic mass is 14.9. The molecule has 4 heteroatoms. The Morgan fingerprint density at radius 3 is 1.83 bits per heavy atom. The van der Waals surface area contributed by atoms with Gasteiger partial charge in [0.25, 0.3) is 0 Å². The SMILES string of the molecule is Nc1ccc2c(Nc3ccccc3)c3ccc(N)cc3nc2c1. The summed E-state index contributed by atoms with van der Waals surface area (Å²) in [6.07, 6.45) is 0. The van der Waals surface area contributed by atoms with Crippen molar-refractivity contribution in [3.05, 3.63) is 66.7 Å². The van der Waals surface area contributed by atoms with E-state index in [-0.39, 0.29) is 0 Å². The monoisotopic (exact) mass is 300 g/mol. The van der Waals surface area contributed by atoms with Gasteiger partial charge in [0.05, 0.1) is 16.7 Å². The first kappa shape index (κ1) is 13.4. The molecule has 0 amide bonds. The number of fused-ring (bicyclic) bond motifs is 2. The molecule has 0 spiro atoms. The van der Waals surface area contributed by atoms with E-state index < -0.39 is 0 Å². The minimum absolute atomic E-state index is 0.693. The zero-order valence-corrected chi connectivity index (χ0v) is 12.5. The first-order valence-electron chi connectivity index (χ1n) is 7.41. The Kier molecular flexibility index (Phi) is 3.01. The number of para-hydroxylation sites is 1. The number of hydrogen-bond acceptors (Lipinski definition) is 4. The lowest BCUT2D eigenvalue weighted by Crippen LogP contribution is -1.97. The highest BCUT2D eigenvalue weighted by Gasteiger charge is 2.10. The number of nitrogens with one attached hydrogen (secondary N) is 1.